The van der Waals surface area contributed by atoms with E-state index in [0.29, 0.717) is 12.1 Å². The lowest BCUT2D eigenvalue weighted by atomic mass is 10.1. The molecule has 0 aliphatic rings. The van der Waals surface area contributed by atoms with Gasteiger partial charge in [-0.3, -0.25) is 4.84 Å². The number of halogens is 3. The first kappa shape index (κ1) is 18.7. The molecule has 0 aliphatic heterocycles. The lowest BCUT2D eigenvalue weighted by molar-refractivity contribution is -0.159. The number of hydrogen-bond donors (Lipinski definition) is 0. The molecule has 1 aromatic carbocycles. The van der Waals surface area contributed by atoms with E-state index < -0.39 is 12.1 Å². The number of hydroxylamine groups is 2. The third-order valence-corrected chi connectivity index (χ3v) is 3.44. The van der Waals surface area contributed by atoms with Crippen LogP contribution < -0.4 is 0 Å². The standard InChI is InChI=1S/C15H17F3N4O3/c1-4-21(2)14(23)22(24-3)9-10-5-7-11(8-6-10)12-19-13(25-20-12)15(16,17)18/h5-8H,4,9H2,1-3H3. The average molecular weight is 358 g/mol. The molecule has 10 heteroatoms. The van der Waals surface area contributed by atoms with E-state index in [1.807, 2.05) is 6.92 Å². The van der Waals surface area contributed by atoms with Crippen LogP contribution in [0.5, 0.6) is 0 Å². The summed E-state index contributed by atoms with van der Waals surface area (Å²) in [6.07, 6.45) is -4.68. The van der Waals surface area contributed by atoms with Gasteiger partial charge in [-0.15, -0.1) is 0 Å². The maximum absolute atomic E-state index is 12.5. The number of aromatic nitrogens is 2. The van der Waals surface area contributed by atoms with E-state index in [1.54, 1.807) is 31.3 Å². The number of amides is 2. The number of carbonyl (C=O) groups is 1. The molecule has 0 saturated heterocycles. The van der Waals surface area contributed by atoms with Crippen molar-refractivity contribution in [2.45, 2.75) is 19.6 Å². The zero-order chi connectivity index (χ0) is 18.6. The normalized spacial score (nSPS) is 11.4. The van der Waals surface area contributed by atoms with E-state index in [1.165, 1.54) is 17.1 Å². The van der Waals surface area contributed by atoms with Crippen LogP contribution in [0.1, 0.15) is 18.4 Å². The van der Waals surface area contributed by atoms with Gasteiger partial charge in [0.05, 0.1) is 13.7 Å². The maximum atomic E-state index is 12.5. The molecule has 0 saturated carbocycles. The van der Waals surface area contributed by atoms with Crippen LogP contribution in [0.15, 0.2) is 28.8 Å². The van der Waals surface area contributed by atoms with Crippen LogP contribution in [0.25, 0.3) is 11.4 Å². The Balaban J connectivity index is 2.11. The molecule has 0 aliphatic carbocycles. The van der Waals surface area contributed by atoms with Gasteiger partial charge in [-0.1, -0.05) is 29.4 Å². The van der Waals surface area contributed by atoms with Crippen LogP contribution >= 0.6 is 0 Å². The zero-order valence-corrected chi connectivity index (χ0v) is 13.9. The van der Waals surface area contributed by atoms with Crippen LogP contribution in [0.4, 0.5) is 18.0 Å². The van der Waals surface area contributed by atoms with Gasteiger partial charge in [-0.2, -0.15) is 23.2 Å². The second-order valence-electron chi connectivity index (χ2n) is 5.13. The number of alkyl halides is 3. The fraction of sp³-hybridized carbons (Fsp3) is 0.400. The summed E-state index contributed by atoms with van der Waals surface area (Å²) in [6, 6.07) is 6.07. The quantitative estimate of drug-likeness (QED) is 0.768. The van der Waals surface area contributed by atoms with Crippen molar-refractivity contribution in [1.82, 2.24) is 20.1 Å². The van der Waals surface area contributed by atoms with Gasteiger partial charge in [0.2, 0.25) is 5.82 Å². The third-order valence-electron chi connectivity index (χ3n) is 3.44. The number of nitrogens with zero attached hydrogens (tertiary/aromatic N) is 4. The highest BCUT2D eigenvalue weighted by molar-refractivity contribution is 5.73. The molecule has 2 rings (SSSR count). The van der Waals surface area contributed by atoms with Crippen molar-refractivity contribution in [3.63, 3.8) is 0 Å². The number of urea groups is 1. The van der Waals surface area contributed by atoms with Crippen LogP contribution in [-0.2, 0) is 17.6 Å². The van der Waals surface area contributed by atoms with Gasteiger partial charge in [-0.05, 0) is 12.5 Å². The molecule has 136 valence electrons. The number of benzene rings is 1. The lowest BCUT2D eigenvalue weighted by Crippen LogP contribution is -2.39. The van der Waals surface area contributed by atoms with Crippen LogP contribution in [-0.4, -0.2) is 46.8 Å². The van der Waals surface area contributed by atoms with Crippen molar-refractivity contribution in [1.29, 1.82) is 0 Å². The highest BCUT2D eigenvalue weighted by atomic mass is 19.4. The van der Waals surface area contributed by atoms with Gasteiger partial charge in [0, 0.05) is 19.2 Å². The third kappa shape index (κ3) is 4.47. The first-order valence-corrected chi connectivity index (χ1v) is 7.33. The smallest absolute Gasteiger partial charge is 0.329 e. The van der Waals surface area contributed by atoms with Gasteiger partial charge in [-0.25, -0.2) is 4.79 Å². The molecule has 0 atom stereocenters. The monoisotopic (exact) mass is 358 g/mol. The summed E-state index contributed by atoms with van der Waals surface area (Å²) in [7, 11) is 3.03. The van der Waals surface area contributed by atoms with Crippen LogP contribution in [0.2, 0.25) is 0 Å². The molecular weight excluding hydrogens is 341 g/mol. The maximum Gasteiger partial charge on any atom is 0.471 e. The van der Waals surface area contributed by atoms with Gasteiger partial charge in [0.25, 0.3) is 0 Å². The lowest BCUT2D eigenvalue weighted by Gasteiger charge is -2.25. The molecule has 1 heterocycles. The fourth-order valence-electron chi connectivity index (χ4n) is 1.92. The predicted molar refractivity (Wildman–Crippen MR) is 81.0 cm³/mol. The molecule has 0 spiro atoms. The van der Waals surface area contributed by atoms with Gasteiger partial charge >= 0.3 is 18.1 Å². The second kappa shape index (κ2) is 7.51. The summed E-state index contributed by atoms with van der Waals surface area (Å²) in [4.78, 5) is 22.0. The molecule has 0 fully saturated rings. The first-order chi connectivity index (χ1) is 11.8. The van der Waals surface area contributed by atoms with E-state index in [9.17, 15) is 18.0 Å². The van der Waals surface area contributed by atoms with Gasteiger partial charge in [0.1, 0.15) is 0 Å². The van der Waals surface area contributed by atoms with E-state index in [-0.39, 0.29) is 18.4 Å². The van der Waals surface area contributed by atoms with Crippen molar-refractivity contribution < 1.29 is 27.3 Å². The van der Waals surface area contributed by atoms with Crippen LogP contribution in [0.3, 0.4) is 0 Å². The molecular formula is C15H17F3N4O3. The Morgan fingerprint density at radius 2 is 1.92 bits per heavy atom. The number of carbonyl (C=O) groups excluding carboxylic acids is 1. The number of hydrogen-bond acceptors (Lipinski definition) is 5. The summed E-state index contributed by atoms with van der Waals surface area (Å²) < 4.78 is 41.6. The van der Waals surface area contributed by atoms with Crippen molar-refractivity contribution in [2.75, 3.05) is 20.7 Å². The zero-order valence-electron chi connectivity index (χ0n) is 13.9. The Morgan fingerprint density at radius 1 is 1.28 bits per heavy atom. The van der Waals surface area contributed by atoms with Crippen molar-refractivity contribution in [3.05, 3.63) is 35.7 Å². The highest BCUT2D eigenvalue weighted by Crippen LogP contribution is 2.29. The van der Waals surface area contributed by atoms with Gasteiger partial charge < -0.3 is 9.42 Å². The minimum atomic E-state index is -4.68. The highest BCUT2D eigenvalue weighted by Gasteiger charge is 2.38. The Morgan fingerprint density at radius 3 is 2.40 bits per heavy atom. The Kier molecular flexibility index (Phi) is 5.62. The molecule has 2 aromatic rings. The SMILES string of the molecule is CCN(C)C(=O)N(Cc1ccc(-c2noc(C(F)(F)F)n2)cc1)OC. The second-order valence-corrected chi connectivity index (χ2v) is 5.13. The molecule has 2 amide bonds. The minimum absolute atomic E-state index is 0.163. The van der Waals surface area contributed by atoms with Crippen molar-refractivity contribution >= 4 is 6.03 Å². The van der Waals surface area contributed by atoms with E-state index in [0.717, 1.165) is 5.56 Å². The molecule has 0 N–H and O–H groups in total. The minimum Gasteiger partial charge on any atom is -0.329 e. The van der Waals surface area contributed by atoms with Crippen molar-refractivity contribution in [3.8, 4) is 11.4 Å². The van der Waals surface area contributed by atoms with Crippen LogP contribution in [0, 0.1) is 0 Å². The summed E-state index contributed by atoms with van der Waals surface area (Å²) in [6.45, 7) is 2.54. The van der Waals surface area contributed by atoms with E-state index in [2.05, 4.69) is 14.7 Å². The van der Waals surface area contributed by atoms with Crippen molar-refractivity contribution in [2.24, 2.45) is 0 Å². The molecule has 25 heavy (non-hydrogen) atoms. The molecule has 0 radical (unpaired) electrons. The summed E-state index contributed by atoms with van der Waals surface area (Å²) in [5, 5.41) is 4.50. The Bertz CT molecular complexity index is 716. The van der Waals surface area contributed by atoms with E-state index >= 15 is 0 Å². The fourth-order valence-corrected chi connectivity index (χ4v) is 1.92. The Hall–Kier alpha value is -2.62. The van der Waals surface area contributed by atoms with E-state index in [4.69, 9.17) is 4.84 Å². The predicted octanol–water partition coefficient (Wildman–Crippen LogP) is 3.19. The molecule has 7 nitrogen and oxygen atoms in total. The topological polar surface area (TPSA) is 71.7 Å². The Labute approximate surface area is 141 Å². The average Bonchev–Trinajstić information content (AvgIpc) is 3.09. The van der Waals surface area contributed by atoms with Gasteiger partial charge in [0.15, 0.2) is 0 Å². The molecule has 0 unspecified atom stereocenters. The molecule has 1 aromatic heterocycles. The summed E-state index contributed by atoms with van der Waals surface area (Å²) >= 11 is 0. The summed E-state index contributed by atoms with van der Waals surface area (Å²) in [5.74, 6) is -1.56. The first-order valence-electron chi connectivity index (χ1n) is 7.33. The largest absolute Gasteiger partial charge is 0.471 e. The number of rotatable bonds is 5. The molecule has 0 bridgehead atoms. The summed E-state index contributed by atoms with van der Waals surface area (Å²) in [5.41, 5.74) is 1.09.